The van der Waals surface area contributed by atoms with Crippen LogP contribution in [0.25, 0.3) is 11.1 Å². The Kier molecular flexibility index (Phi) is 9.01. The van der Waals surface area contributed by atoms with E-state index in [0.29, 0.717) is 13.2 Å². The fourth-order valence-corrected chi connectivity index (χ4v) is 2.53. The normalized spacial score (nSPS) is 12.2. The summed E-state index contributed by atoms with van der Waals surface area (Å²) in [7, 11) is 2.02. The molecule has 24 heavy (non-hydrogen) atoms. The monoisotopic (exact) mass is 349 g/mol. The molecule has 3 nitrogen and oxygen atoms in total. The van der Waals surface area contributed by atoms with Crippen LogP contribution in [0, 0.1) is 0 Å². The number of ether oxygens (including phenoxy) is 1. The summed E-state index contributed by atoms with van der Waals surface area (Å²) in [5.74, 6) is 0. The van der Waals surface area contributed by atoms with Crippen molar-refractivity contribution in [2.75, 3.05) is 20.2 Å². The third kappa shape index (κ3) is 7.02. The average molecular weight is 350 g/mol. The molecule has 1 unspecified atom stereocenters. The van der Waals surface area contributed by atoms with Crippen LogP contribution in [0.1, 0.15) is 19.4 Å². The zero-order valence-corrected chi connectivity index (χ0v) is 15.5. The minimum absolute atomic E-state index is 0. The molecule has 0 heterocycles. The van der Waals surface area contributed by atoms with E-state index in [1.54, 1.807) is 0 Å². The standard InChI is InChI=1S/C20H27NO2.ClH/c1-16(2)23-15-20(22)14-21(3)13-17-9-11-19(12-10-17)18-7-5-4-6-8-18;/h4-12,16,20,22H,13-15H2,1-3H3;1H. The summed E-state index contributed by atoms with van der Waals surface area (Å²) in [5, 5.41) is 9.97. The van der Waals surface area contributed by atoms with Gasteiger partial charge >= 0.3 is 0 Å². The Morgan fingerprint density at radius 1 is 0.958 bits per heavy atom. The highest BCUT2D eigenvalue weighted by atomic mass is 35.5. The van der Waals surface area contributed by atoms with Gasteiger partial charge in [0.2, 0.25) is 0 Å². The van der Waals surface area contributed by atoms with E-state index < -0.39 is 6.10 Å². The van der Waals surface area contributed by atoms with Crippen molar-refractivity contribution >= 4 is 12.4 Å². The maximum absolute atomic E-state index is 9.97. The average Bonchev–Trinajstić information content (AvgIpc) is 2.54. The molecule has 0 saturated heterocycles. The molecule has 0 fully saturated rings. The number of likely N-dealkylation sites (N-methyl/N-ethyl adjacent to an activating group) is 1. The third-order valence-corrected chi connectivity index (χ3v) is 3.66. The quantitative estimate of drug-likeness (QED) is 0.782. The number of hydrogen-bond donors (Lipinski definition) is 1. The summed E-state index contributed by atoms with van der Waals surface area (Å²) in [6.07, 6.45) is -0.300. The molecule has 2 aromatic rings. The minimum Gasteiger partial charge on any atom is -0.389 e. The van der Waals surface area contributed by atoms with Gasteiger partial charge in [-0.15, -0.1) is 12.4 Å². The van der Waals surface area contributed by atoms with Gasteiger partial charge in [-0.1, -0.05) is 54.6 Å². The van der Waals surface area contributed by atoms with Crippen molar-refractivity contribution in [1.82, 2.24) is 4.90 Å². The lowest BCUT2D eigenvalue weighted by molar-refractivity contribution is -0.00634. The Balaban J connectivity index is 0.00000288. The van der Waals surface area contributed by atoms with E-state index in [0.717, 1.165) is 6.54 Å². The van der Waals surface area contributed by atoms with Crippen molar-refractivity contribution in [2.45, 2.75) is 32.6 Å². The van der Waals surface area contributed by atoms with E-state index >= 15 is 0 Å². The lowest BCUT2D eigenvalue weighted by Crippen LogP contribution is -2.32. The lowest BCUT2D eigenvalue weighted by Gasteiger charge is -2.21. The molecule has 0 bridgehead atoms. The summed E-state index contributed by atoms with van der Waals surface area (Å²) < 4.78 is 5.44. The number of benzene rings is 2. The van der Waals surface area contributed by atoms with E-state index in [2.05, 4.69) is 53.4 Å². The first-order valence-electron chi connectivity index (χ1n) is 8.17. The summed E-state index contributed by atoms with van der Waals surface area (Å²) >= 11 is 0. The van der Waals surface area contributed by atoms with Gasteiger partial charge in [0.1, 0.15) is 0 Å². The number of halogens is 1. The maximum Gasteiger partial charge on any atom is 0.0900 e. The molecular weight excluding hydrogens is 322 g/mol. The summed E-state index contributed by atoms with van der Waals surface area (Å²) in [5.41, 5.74) is 3.69. The summed E-state index contributed by atoms with van der Waals surface area (Å²) in [6, 6.07) is 19.0. The molecule has 0 aliphatic carbocycles. The Morgan fingerprint density at radius 3 is 2.12 bits per heavy atom. The highest BCUT2D eigenvalue weighted by Gasteiger charge is 2.10. The van der Waals surface area contributed by atoms with E-state index in [1.165, 1.54) is 16.7 Å². The first-order chi connectivity index (χ1) is 11.0. The molecule has 0 saturated carbocycles. The number of aliphatic hydroxyl groups excluding tert-OH is 1. The zero-order valence-electron chi connectivity index (χ0n) is 14.7. The number of rotatable bonds is 8. The van der Waals surface area contributed by atoms with E-state index in [9.17, 15) is 5.11 Å². The molecular formula is C20H28ClNO2. The fourth-order valence-electron chi connectivity index (χ4n) is 2.53. The molecule has 132 valence electrons. The van der Waals surface area contributed by atoms with Crippen molar-refractivity contribution in [1.29, 1.82) is 0 Å². The van der Waals surface area contributed by atoms with E-state index in [4.69, 9.17) is 4.74 Å². The molecule has 0 aliphatic rings. The topological polar surface area (TPSA) is 32.7 Å². The zero-order chi connectivity index (χ0) is 16.7. The van der Waals surface area contributed by atoms with Crippen molar-refractivity contribution in [3.05, 3.63) is 60.2 Å². The van der Waals surface area contributed by atoms with Gasteiger partial charge in [-0.2, -0.15) is 0 Å². The van der Waals surface area contributed by atoms with Crippen LogP contribution in [0.15, 0.2) is 54.6 Å². The van der Waals surface area contributed by atoms with Crippen LogP contribution < -0.4 is 0 Å². The predicted octanol–water partition coefficient (Wildman–Crippen LogP) is 3.99. The molecule has 2 rings (SSSR count). The second kappa shape index (κ2) is 10.5. The van der Waals surface area contributed by atoms with Crippen molar-refractivity contribution in [3.8, 4) is 11.1 Å². The Bertz CT molecular complexity index is 572. The maximum atomic E-state index is 9.97. The number of nitrogens with zero attached hydrogens (tertiary/aromatic N) is 1. The first kappa shape index (κ1) is 20.7. The molecule has 0 radical (unpaired) electrons. The van der Waals surface area contributed by atoms with E-state index in [1.807, 2.05) is 27.0 Å². The smallest absolute Gasteiger partial charge is 0.0900 e. The lowest BCUT2D eigenvalue weighted by atomic mass is 10.0. The van der Waals surface area contributed by atoms with Crippen LogP contribution in [0.5, 0.6) is 0 Å². The molecule has 4 heteroatoms. The summed E-state index contributed by atoms with van der Waals surface area (Å²) in [6.45, 7) is 5.76. The Hall–Kier alpha value is -1.39. The Labute approximate surface area is 151 Å². The molecule has 1 atom stereocenters. The highest BCUT2D eigenvalue weighted by molar-refractivity contribution is 5.85. The van der Waals surface area contributed by atoms with Crippen molar-refractivity contribution in [3.63, 3.8) is 0 Å². The molecule has 0 aliphatic heterocycles. The second-order valence-electron chi connectivity index (χ2n) is 6.30. The van der Waals surface area contributed by atoms with Gasteiger partial charge < -0.3 is 9.84 Å². The molecule has 2 aromatic carbocycles. The van der Waals surface area contributed by atoms with Gasteiger partial charge in [-0.25, -0.2) is 0 Å². The second-order valence-corrected chi connectivity index (χ2v) is 6.30. The van der Waals surface area contributed by atoms with Crippen LogP contribution in [0.3, 0.4) is 0 Å². The van der Waals surface area contributed by atoms with Crippen LogP contribution >= 0.6 is 12.4 Å². The van der Waals surface area contributed by atoms with Crippen LogP contribution in [0.4, 0.5) is 0 Å². The van der Waals surface area contributed by atoms with Gasteiger partial charge in [0, 0.05) is 13.1 Å². The largest absolute Gasteiger partial charge is 0.389 e. The number of aliphatic hydroxyl groups is 1. The van der Waals surface area contributed by atoms with Crippen LogP contribution in [-0.4, -0.2) is 42.4 Å². The van der Waals surface area contributed by atoms with Crippen LogP contribution in [-0.2, 0) is 11.3 Å². The highest BCUT2D eigenvalue weighted by Crippen LogP contribution is 2.19. The SMILES string of the molecule is CC(C)OCC(O)CN(C)Cc1ccc(-c2ccccc2)cc1.Cl. The van der Waals surface area contributed by atoms with Gasteiger partial charge in [0.05, 0.1) is 18.8 Å². The number of hydrogen-bond acceptors (Lipinski definition) is 3. The van der Waals surface area contributed by atoms with Crippen molar-refractivity contribution in [2.24, 2.45) is 0 Å². The third-order valence-electron chi connectivity index (χ3n) is 3.66. The summed E-state index contributed by atoms with van der Waals surface area (Å²) in [4.78, 5) is 2.12. The van der Waals surface area contributed by atoms with Gasteiger partial charge in [-0.05, 0) is 37.6 Å². The van der Waals surface area contributed by atoms with Gasteiger partial charge in [0.25, 0.3) is 0 Å². The molecule has 0 spiro atoms. The fraction of sp³-hybridized carbons (Fsp3) is 0.400. The van der Waals surface area contributed by atoms with Crippen LogP contribution in [0.2, 0.25) is 0 Å². The molecule has 1 N–H and O–H groups in total. The first-order valence-corrected chi connectivity index (χ1v) is 8.17. The van der Waals surface area contributed by atoms with Crippen molar-refractivity contribution < 1.29 is 9.84 Å². The molecule has 0 amide bonds. The Morgan fingerprint density at radius 2 is 1.54 bits per heavy atom. The van der Waals surface area contributed by atoms with E-state index in [-0.39, 0.29) is 18.5 Å². The van der Waals surface area contributed by atoms with Gasteiger partial charge in [-0.3, -0.25) is 4.90 Å². The predicted molar refractivity (Wildman–Crippen MR) is 103 cm³/mol. The molecule has 0 aromatic heterocycles. The van der Waals surface area contributed by atoms with Gasteiger partial charge in [0.15, 0.2) is 0 Å². The minimum atomic E-state index is -0.453.